The molecule has 0 radical (unpaired) electrons. The minimum absolute atomic E-state index is 0.0331. The van der Waals surface area contributed by atoms with Gasteiger partial charge in [-0.3, -0.25) is 23.9 Å². The molecule has 9 nitrogen and oxygen atoms in total. The monoisotopic (exact) mass is 347 g/mol. The summed E-state index contributed by atoms with van der Waals surface area (Å²) in [5.74, 6) is -0.345. The highest BCUT2D eigenvalue weighted by atomic mass is 16.2. The summed E-state index contributed by atoms with van der Waals surface area (Å²) in [6.45, 7) is 2.79. The van der Waals surface area contributed by atoms with Crippen LogP contribution in [-0.2, 0) is 16.1 Å². The fraction of sp³-hybridized carbons (Fsp3) is 0.562. The Morgan fingerprint density at radius 3 is 2.48 bits per heavy atom. The van der Waals surface area contributed by atoms with Gasteiger partial charge in [-0.15, -0.1) is 0 Å². The molecule has 0 aliphatic carbocycles. The predicted octanol–water partition coefficient (Wildman–Crippen LogP) is -0.563. The molecular formula is C16H21N5O4. The van der Waals surface area contributed by atoms with Gasteiger partial charge in [0.15, 0.2) is 0 Å². The molecule has 0 saturated carbocycles. The van der Waals surface area contributed by atoms with Crippen LogP contribution in [0.4, 0.5) is 4.79 Å². The van der Waals surface area contributed by atoms with E-state index in [2.05, 4.69) is 4.98 Å². The molecule has 0 bridgehead atoms. The molecule has 2 fully saturated rings. The fourth-order valence-electron chi connectivity index (χ4n) is 3.21. The van der Waals surface area contributed by atoms with Gasteiger partial charge in [0.25, 0.3) is 5.56 Å². The van der Waals surface area contributed by atoms with Gasteiger partial charge in [-0.2, -0.15) is 0 Å². The van der Waals surface area contributed by atoms with Crippen LogP contribution >= 0.6 is 0 Å². The summed E-state index contributed by atoms with van der Waals surface area (Å²) in [4.78, 5) is 56.4. The summed E-state index contributed by atoms with van der Waals surface area (Å²) in [5.41, 5.74) is 0.365. The molecular weight excluding hydrogens is 326 g/mol. The number of likely N-dealkylation sites (tertiary alicyclic amines) is 1. The molecule has 25 heavy (non-hydrogen) atoms. The van der Waals surface area contributed by atoms with Crippen molar-refractivity contribution in [2.45, 2.75) is 32.4 Å². The summed E-state index contributed by atoms with van der Waals surface area (Å²) >= 11 is 0. The fourth-order valence-corrected chi connectivity index (χ4v) is 3.21. The molecule has 1 aromatic heterocycles. The Balaban J connectivity index is 1.57. The molecule has 3 heterocycles. The number of aromatic nitrogens is 2. The number of aryl methyl sites for hydroxylation is 1. The van der Waals surface area contributed by atoms with Crippen molar-refractivity contribution in [3.05, 3.63) is 28.4 Å². The molecule has 2 aliphatic heterocycles. The Morgan fingerprint density at radius 2 is 1.92 bits per heavy atom. The molecule has 0 unspecified atom stereocenters. The lowest BCUT2D eigenvalue weighted by Crippen LogP contribution is -2.48. The van der Waals surface area contributed by atoms with Crippen LogP contribution in [0, 0.1) is 6.92 Å². The Labute approximate surface area is 144 Å². The molecule has 0 aromatic carbocycles. The largest absolute Gasteiger partial charge is 0.341 e. The van der Waals surface area contributed by atoms with Crippen LogP contribution in [0.3, 0.4) is 0 Å². The highest BCUT2D eigenvalue weighted by Crippen LogP contribution is 2.21. The minimum atomic E-state index is -0.271. The van der Waals surface area contributed by atoms with Crippen LogP contribution in [0.5, 0.6) is 0 Å². The van der Waals surface area contributed by atoms with Crippen molar-refractivity contribution < 1.29 is 14.4 Å². The van der Waals surface area contributed by atoms with E-state index in [9.17, 15) is 19.2 Å². The third-order valence-electron chi connectivity index (χ3n) is 4.79. The smallest absolute Gasteiger partial charge is 0.327 e. The Bertz CT molecular complexity index is 766. The first kappa shape index (κ1) is 17.1. The number of carbonyl (C=O) groups excluding carboxylic acids is 3. The van der Waals surface area contributed by atoms with Gasteiger partial charge < -0.3 is 9.80 Å². The second-order valence-electron chi connectivity index (χ2n) is 6.47. The molecule has 2 aliphatic rings. The number of rotatable bonds is 3. The molecule has 0 atom stereocenters. The van der Waals surface area contributed by atoms with Crippen molar-refractivity contribution in [3.8, 4) is 0 Å². The summed E-state index contributed by atoms with van der Waals surface area (Å²) in [5, 5.41) is 0. The third-order valence-corrected chi connectivity index (χ3v) is 4.79. The maximum Gasteiger partial charge on any atom is 0.327 e. The number of hydrogen-bond acceptors (Lipinski definition) is 5. The Morgan fingerprint density at radius 1 is 1.24 bits per heavy atom. The number of carbonyl (C=O) groups is 3. The molecule has 134 valence electrons. The van der Waals surface area contributed by atoms with Crippen molar-refractivity contribution in [1.29, 1.82) is 0 Å². The van der Waals surface area contributed by atoms with Crippen LogP contribution in [0.25, 0.3) is 0 Å². The summed E-state index contributed by atoms with van der Waals surface area (Å²) in [7, 11) is 1.48. The summed E-state index contributed by atoms with van der Waals surface area (Å²) in [6.07, 6.45) is 2.63. The van der Waals surface area contributed by atoms with E-state index in [1.165, 1.54) is 24.0 Å². The number of nitrogens with zero attached hydrogens (tertiary/aromatic N) is 5. The van der Waals surface area contributed by atoms with Gasteiger partial charge in [0, 0.05) is 37.9 Å². The van der Waals surface area contributed by atoms with E-state index in [4.69, 9.17) is 0 Å². The van der Waals surface area contributed by atoms with Crippen molar-refractivity contribution in [1.82, 2.24) is 24.3 Å². The molecule has 9 heteroatoms. The first-order chi connectivity index (χ1) is 11.9. The molecule has 4 amide bonds. The first-order valence-electron chi connectivity index (χ1n) is 8.25. The number of imide groups is 1. The van der Waals surface area contributed by atoms with Crippen LogP contribution in [0.15, 0.2) is 17.2 Å². The van der Waals surface area contributed by atoms with E-state index in [0.717, 1.165) is 4.90 Å². The molecule has 1 aromatic rings. The summed E-state index contributed by atoms with van der Waals surface area (Å²) < 4.78 is 1.29. The molecule has 3 rings (SSSR count). The number of likely N-dealkylation sites (N-methyl/N-ethyl adjacent to an activating group) is 1. The topological polar surface area (TPSA) is 95.8 Å². The average Bonchev–Trinajstić information content (AvgIpc) is 2.85. The third kappa shape index (κ3) is 3.40. The average molecular weight is 347 g/mol. The van der Waals surface area contributed by atoms with E-state index >= 15 is 0 Å². The quantitative estimate of drug-likeness (QED) is 0.683. The van der Waals surface area contributed by atoms with E-state index in [1.54, 1.807) is 16.7 Å². The Kier molecular flexibility index (Phi) is 4.56. The number of amides is 4. The second kappa shape index (κ2) is 6.66. The van der Waals surface area contributed by atoms with E-state index in [0.29, 0.717) is 31.6 Å². The predicted molar refractivity (Wildman–Crippen MR) is 87.7 cm³/mol. The second-order valence-corrected chi connectivity index (χ2v) is 6.47. The number of piperidine rings is 1. The van der Waals surface area contributed by atoms with Crippen LogP contribution < -0.4 is 5.56 Å². The lowest BCUT2D eigenvalue weighted by molar-refractivity contribution is -0.133. The van der Waals surface area contributed by atoms with E-state index in [1.807, 2.05) is 0 Å². The zero-order valence-corrected chi connectivity index (χ0v) is 14.3. The van der Waals surface area contributed by atoms with Crippen molar-refractivity contribution in [3.63, 3.8) is 0 Å². The van der Waals surface area contributed by atoms with Gasteiger partial charge in [-0.1, -0.05) is 0 Å². The normalized spacial score (nSPS) is 19.0. The number of urea groups is 1. The van der Waals surface area contributed by atoms with Gasteiger partial charge in [0.2, 0.25) is 11.8 Å². The van der Waals surface area contributed by atoms with Crippen molar-refractivity contribution in [2.75, 3.05) is 26.7 Å². The van der Waals surface area contributed by atoms with Gasteiger partial charge in [-0.05, 0) is 19.8 Å². The standard InChI is InChI=1S/C16H21N5O4/c1-11-7-13(22)20(10-17-11)8-15(24)19-5-3-12(4-6-19)21-9-14(23)18(2)16(21)25/h7,10,12H,3-6,8-9H2,1-2H3. The highest BCUT2D eigenvalue weighted by molar-refractivity contribution is 6.01. The van der Waals surface area contributed by atoms with Gasteiger partial charge >= 0.3 is 6.03 Å². The molecule has 0 spiro atoms. The van der Waals surface area contributed by atoms with Crippen LogP contribution in [0.2, 0.25) is 0 Å². The highest BCUT2D eigenvalue weighted by Gasteiger charge is 2.39. The van der Waals surface area contributed by atoms with E-state index in [-0.39, 0.29) is 42.5 Å². The lowest BCUT2D eigenvalue weighted by atomic mass is 10.0. The maximum absolute atomic E-state index is 12.4. The van der Waals surface area contributed by atoms with Crippen molar-refractivity contribution in [2.24, 2.45) is 0 Å². The molecule has 0 N–H and O–H groups in total. The SMILES string of the molecule is Cc1cc(=O)n(CC(=O)N2CCC(N3CC(=O)N(C)C3=O)CC2)cn1. The van der Waals surface area contributed by atoms with Gasteiger partial charge in [0.1, 0.15) is 13.1 Å². The lowest BCUT2D eigenvalue weighted by Gasteiger charge is -2.36. The molecule has 2 saturated heterocycles. The minimum Gasteiger partial charge on any atom is -0.341 e. The van der Waals surface area contributed by atoms with E-state index < -0.39 is 0 Å². The van der Waals surface area contributed by atoms with Crippen LogP contribution in [0.1, 0.15) is 18.5 Å². The van der Waals surface area contributed by atoms with Crippen molar-refractivity contribution >= 4 is 17.8 Å². The first-order valence-corrected chi connectivity index (χ1v) is 8.25. The number of hydrogen-bond donors (Lipinski definition) is 0. The maximum atomic E-state index is 12.4. The zero-order valence-electron chi connectivity index (χ0n) is 14.3. The Hall–Kier alpha value is -2.71. The van der Waals surface area contributed by atoms with Gasteiger partial charge in [-0.25, -0.2) is 9.78 Å². The summed E-state index contributed by atoms with van der Waals surface area (Å²) in [6, 6.07) is 1.09. The van der Waals surface area contributed by atoms with Crippen LogP contribution in [-0.4, -0.2) is 74.8 Å². The zero-order chi connectivity index (χ0) is 18.1. The van der Waals surface area contributed by atoms with Gasteiger partial charge in [0.05, 0.1) is 6.33 Å².